The number of aromatic nitrogens is 4. The van der Waals surface area contributed by atoms with Crippen LogP contribution in [0.2, 0.25) is 6.32 Å². The van der Waals surface area contributed by atoms with Gasteiger partial charge in [-0.2, -0.15) is 0 Å². The van der Waals surface area contributed by atoms with Crippen molar-refractivity contribution in [2.75, 3.05) is 0 Å². The summed E-state index contributed by atoms with van der Waals surface area (Å²) in [5.41, 5.74) is 5.80. The standard InChI is InChI=1S/C15H20BF3N6O3.ClH/c17-10-6-12(19)11(18)5-9(10)7-21-14(26)8-25-15(22-23-24-25)13(20)3-1-2-4-16(27)28;/h5-6,13,27-28H,1-4,7-8,20H2,(H,21,26);1H. The third-order valence-corrected chi connectivity index (χ3v) is 3.98. The molecule has 0 fully saturated rings. The Morgan fingerprint density at radius 1 is 1.21 bits per heavy atom. The van der Waals surface area contributed by atoms with Gasteiger partial charge in [-0.15, -0.1) is 17.5 Å². The molecule has 1 aromatic heterocycles. The molecule has 2 rings (SSSR count). The molecule has 1 amide bonds. The number of halogens is 4. The summed E-state index contributed by atoms with van der Waals surface area (Å²) in [7, 11) is -1.37. The van der Waals surface area contributed by atoms with Crippen molar-refractivity contribution >= 4 is 25.4 Å². The average molecular weight is 437 g/mol. The van der Waals surface area contributed by atoms with Crippen molar-refractivity contribution in [3.05, 3.63) is 41.0 Å². The zero-order valence-corrected chi connectivity index (χ0v) is 16.1. The van der Waals surface area contributed by atoms with E-state index in [-0.39, 0.29) is 43.2 Å². The van der Waals surface area contributed by atoms with Crippen LogP contribution in [0.25, 0.3) is 0 Å². The maximum absolute atomic E-state index is 13.6. The highest BCUT2D eigenvalue weighted by Gasteiger charge is 2.18. The number of hydrogen-bond acceptors (Lipinski definition) is 7. The molecule has 1 aromatic carbocycles. The number of carbonyl (C=O) groups excluding carboxylic acids is 1. The summed E-state index contributed by atoms with van der Waals surface area (Å²) in [5, 5.41) is 30.9. The van der Waals surface area contributed by atoms with E-state index in [0.29, 0.717) is 31.4 Å². The molecule has 14 heteroatoms. The molecule has 160 valence electrons. The largest absolute Gasteiger partial charge is 0.451 e. The number of nitrogens with one attached hydrogen (secondary N) is 1. The number of nitrogens with two attached hydrogens (primary N) is 1. The molecular weight excluding hydrogens is 415 g/mol. The summed E-state index contributed by atoms with van der Waals surface area (Å²) in [6, 6.07) is 0.514. The molecule has 0 bridgehead atoms. The zero-order chi connectivity index (χ0) is 20.7. The van der Waals surface area contributed by atoms with Gasteiger partial charge in [0.2, 0.25) is 5.91 Å². The van der Waals surface area contributed by atoms with Gasteiger partial charge < -0.3 is 21.1 Å². The molecule has 0 aliphatic rings. The Morgan fingerprint density at radius 2 is 1.90 bits per heavy atom. The molecule has 1 unspecified atom stereocenters. The summed E-state index contributed by atoms with van der Waals surface area (Å²) >= 11 is 0. The minimum atomic E-state index is -1.37. The van der Waals surface area contributed by atoms with Gasteiger partial charge in [0, 0.05) is 18.2 Å². The first-order valence-electron chi connectivity index (χ1n) is 8.55. The number of unbranched alkanes of at least 4 members (excludes halogenated alkanes) is 1. The van der Waals surface area contributed by atoms with Crippen LogP contribution >= 0.6 is 12.4 Å². The van der Waals surface area contributed by atoms with Gasteiger partial charge in [-0.25, -0.2) is 17.9 Å². The maximum Gasteiger partial charge on any atom is 0.451 e. The molecule has 0 saturated heterocycles. The molecule has 0 aliphatic carbocycles. The second-order valence-electron chi connectivity index (χ2n) is 6.20. The highest BCUT2D eigenvalue weighted by molar-refractivity contribution is 6.40. The third-order valence-electron chi connectivity index (χ3n) is 3.98. The number of carbonyl (C=O) groups is 1. The van der Waals surface area contributed by atoms with Crippen LogP contribution in [0.5, 0.6) is 0 Å². The van der Waals surface area contributed by atoms with Crippen molar-refractivity contribution in [3.8, 4) is 0 Å². The smallest absolute Gasteiger partial charge is 0.427 e. The van der Waals surface area contributed by atoms with E-state index < -0.39 is 36.5 Å². The predicted octanol–water partition coefficient (Wildman–Crippen LogP) is 0.471. The van der Waals surface area contributed by atoms with Crippen LogP contribution in [0.3, 0.4) is 0 Å². The normalized spacial score (nSPS) is 11.7. The Balaban J connectivity index is 0.00000420. The highest BCUT2D eigenvalue weighted by atomic mass is 35.5. The van der Waals surface area contributed by atoms with Crippen molar-refractivity contribution in [3.63, 3.8) is 0 Å². The van der Waals surface area contributed by atoms with Gasteiger partial charge in [-0.05, 0) is 29.2 Å². The van der Waals surface area contributed by atoms with Crippen LogP contribution in [0.4, 0.5) is 13.2 Å². The Kier molecular flexibility index (Phi) is 10.0. The van der Waals surface area contributed by atoms with E-state index in [4.69, 9.17) is 15.8 Å². The molecule has 9 nitrogen and oxygen atoms in total. The summed E-state index contributed by atoms with van der Waals surface area (Å²) in [4.78, 5) is 12.0. The average Bonchev–Trinajstić information content (AvgIpc) is 3.08. The Morgan fingerprint density at radius 3 is 2.59 bits per heavy atom. The van der Waals surface area contributed by atoms with E-state index in [2.05, 4.69) is 20.8 Å². The van der Waals surface area contributed by atoms with Gasteiger partial charge >= 0.3 is 7.12 Å². The lowest BCUT2D eigenvalue weighted by Crippen LogP contribution is -2.30. The fraction of sp³-hybridized carbons (Fsp3) is 0.467. The van der Waals surface area contributed by atoms with Gasteiger partial charge in [-0.3, -0.25) is 4.79 Å². The Bertz CT molecular complexity index is 814. The topological polar surface area (TPSA) is 139 Å². The molecule has 0 saturated carbocycles. The fourth-order valence-corrected chi connectivity index (χ4v) is 2.49. The summed E-state index contributed by atoms with van der Waals surface area (Å²) in [5.74, 6) is -3.81. The van der Waals surface area contributed by atoms with Gasteiger partial charge in [0.1, 0.15) is 12.4 Å². The minimum absolute atomic E-state index is 0. The first kappa shape index (κ1) is 24.8. The molecule has 5 N–H and O–H groups in total. The number of nitrogens with zero attached hydrogens (tertiary/aromatic N) is 4. The van der Waals surface area contributed by atoms with E-state index in [9.17, 15) is 18.0 Å². The quantitative estimate of drug-likeness (QED) is 0.241. The summed E-state index contributed by atoms with van der Waals surface area (Å²) < 4.78 is 40.9. The maximum atomic E-state index is 13.6. The van der Waals surface area contributed by atoms with Gasteiger partial charge in [-0.1, -0.05) is 12.8 Å². The second-order valence-corrected chi connectivity index (χ2v) is 6.20. The van der Waals surface area contributed by atoms with Crippen molar-refractivity contribution in [1.82, 2.24) is 25.5 Å². The van der Waals surface area contributed by atoms with Gasteiger partial charge in [0.25, 0.3) is 0 Å². The zero-order valence-electron chi connectivity index (χ0n) is 15.3. The molecule has 29 heavy (non-hydrogen) atoms. The van der Waals surface area contributed by atoms with E-state index in [1.807, 2.05) is 0 Å². The van der Waals surface area contributed by atoms with E-state index in [1.54, 1.807) is 0 Å². The molecule has 2 aromatic rings. The molecular formula is C15H21BClF3N6O3. The van der Waals surface area contributed by atoms with E-state index >= 15 is 0 Å². The SMILES string of the molecule is Cl.NC(CCCCB(O)O)c1nnnn1CC(=O)NCc1cc(F)c(F)cc1F. The molecule has 0 aliphatic heterocycles. The number of amides is 1. The van der Waals surface area contributed by atoms with E-state index in [1.165, 1.54) is 4.68 Å². The molecule has 1 atom stereocenters. The lowest BCUT2D eigenvalue weighted by Gasteiger charge is -2.12. The first-order valence-corrected chi connectivity index (χ1v) is 8.55. The molecule has 0 radical (unpaired) electrons. The first-order chi connectivity index (χ1) is 13.3. The second kappa shape index (κ2) is 11.7. The van der Waals surface area contributed by atoms with Crippen LogP contribution in [0.1, 0.15) is 36.7 Å². The van der Waals surface area contributed by atoms with Crippen LogP contribution in [0.15, 0.2) is 12.1 Å². The fourth-order valence-electron chi connectivity index (χ4n) is 2.49. The minimum Gasteiger partial charge on any atom is -0.427 e. The predicted molar refractivity (Wildman–Crippen MR) is 99.0 cm³/mol. The lowest BCUT2D eigenvalue weighted by molar-refractivity contribution is -0.122. The molecule has 1 heterocycles. The Labute approximate surface area is 171 Å². The number of rotatable bonds is 10. The van der Waals surface area contributed by atoms with Crippen LogP contribution in [0, 0.1) is 17.5 Å². The highest BCUT2D eigenvalue weighted by Crippen LogP contribution is 2.15. The van der Waals surface area contributed by atoms with Crippen molar-refractivity contribution in [2.45, 2.75) is 44.7 Å². The summed E-state index contributed by atoms with van der Waals surface area (Å²) in [6.07, 6.45) is 1.84. The summed E-state index contributed by atoms with van der Waals surface area (Å²) in [6.45, 7) is -0.633. The van der Waals surface area contributed by atoms with Crippen molar-refractivity contribution < 1.29 is 28.0 Å². The van der Waals surface area contributed by atoms with Crippen LogP contribution in [-0.4, -0.2) is 43.3 Å². The van der Waals surface area contributed by atoms with E-state index in [0.717, 1.165) is 0 Å². The third kappa shape index (κ3) is 7.61. The van der Waals surface area contributed by atoms with Crippen LogP contribution in [-0.2, 0) is 17.9 Å². The van der Waals surface area contributed by atoms with Crippen LogP contribution < -0.4 is 11.1 Å². The Hall–Kier alpha value is -2.22. The number of tetrazole rings is 1. The lowest BCUT2D eigenvalue weighted by atomic mass is 9.83. The van der Waals surface area contributed by atoms with Gasteiger partial charge in [0.15, 0.2) is 17.5 Å². The monoisotopic (exact) mass is 436 g/mol. The van der Waals surface area contributed by atoms with Crippen molar-refractivity contribution in [2.24, 2.45) is 5.73 Å². The van der Waals surface area contributed by atoms with Crippen molar-refractivity contribution in [1.29, 1.82) is 0 Å². The number of benzene rings is 1. The number of hydrogen-bond donors (Lipinski definition) is 4. The van der Waals surface area contributed by atoms with Gasteiger partial charge in [0.05, 0.1) is 6.04 Å². The molecule has 0 spiro atoms.